The van der Waals surface area contributed by atoms with Crippen molar-refractivity contribution >= 4 is 0 Å². The molecule has 31 heavy (non-hydrogen) atoms. The van der Waals surface area contributed by atoms with Gasteiger partial charge in [-0.25, -0.2) is 0 Å². The lowest BCUT2D eigenvalue weighted by Gasteiger charge is -2.61. The van der Waals surface area contributed by atoms with Crippen molar-refractivity contribution in [3.63, 3.8) is 0 Å². The van der Waals surface area contributed by atoms with E-state index in [0.717, 1.165) is 47.3 Å². The van der Waals surface area contributed by atoms with Gasteiger partial charge in [0.25, 0.3) is 0 Å². The van der Waals surface area contributed by atoms with Crippen molar-refractivity contribution in [3.05, 3.63) is 0 Å². The van der Waals surface area contributed by atoms with Crippen molar-refractivity contribution in [1.82, 2.24) is 0 Å². The highest BCUT2D eigenvalue weighted by Gasteiger charge is 2.77. The predicted octanol–water partition coefficient (Wildman–Crippen LogP) is 8.37. The zero-order chi connectivity index (χ0) is 22.2. The van der Waals surface area contributed by atoms with Crippen molar-refractivity contribution in [3.8, 4) is 0 Å². The van der Waals surface area contributed by atoms with Gasteiger partial charge < -0.3 is 4.74 Å². The Labute approximate surface area is 193 Å². The van der Waals surface area contributed by atoms with Crippen molar-refractivity contribution in [1.29, 1.82) is 0 Å². The number of hydrogen-bond donors (Lipinski definition) is 0. The van der Waals surface area contributed by atoms with E-state index in [-0.39, 0.29) is 0 Å². The fourth-order valence-corrected chi connectivity index (χ4v) is 11.2. The summed E-state index contributed by atoms with van der Waals surface area (Å²) in [5, 5.41) is 0. The van der Waals surface area contributed by atoms with Crippen LogP contribution in [-0.2, 0) is 4.74 Å². The lowest BCUT2D eigenvalue weighted by atomic mass is 9.45. The van der Waals surface area contributed by atoms with Gasteiger partial charge in [-0.2, -0.15) is 0 Å². The molecule has 5 saturated carbocycles. The van der Waals surface area contributed by atoms with Gasteiger partial charge in [-0.15, -0.1) is 0 Å². The van der Waals surface area contributed by atoms with E-state index in [1.54, 1.807) is 0 Å². The first-order chi connectivity index (χ1) is 14.7. The minimum Gasteiger partial charge on any atom is -0.381 e. The van der Waals surface area contributed by atoms with Gasteiger partial charge in [0.1, 0.15) is 0 Å². The van der Waals surface area contributed by atoms with E-state index in [2.05, 4.69) is 41.5 Å². The van der Waals surface area contributed by atoms with Crippen LogP contribution in [-0.4, -0.2) is 13.2 Å². The molecule has 5 rings (SSSR count). The van der Waals surface area contributed by atoms with Gasteiger partial charge in [0.2, 0.25) is 0 Å². The first kappa shape index (κ1) is 22.7. The summed E-state index contributed by atoms with van der Waals surface area (Å²) in [5.41, 5.74) is 1.76. The van der Waals surface area contributed by atoms with E-state index < -0.39 is 0 Å². The minimum atomic E-state index is 0.557. The normalized spacial score (nSPS) is 52.3. The Bertz CT molecular complexity index is 669. The molecular weight excluding hydrogens is 376 g/mol. The van der Waals surface area contributed by atoms with Gasteiger partial charge in [-0.05, 0) is 116 Å². The lowest BCUT2D eigenvalue weighted by molar-refractivity contribution is -0.161. The van der Waals surface area contributed by atoms with E-state index in [1.165, 1.54) is 70.6 Å². The Morgan fingerprint density at radius 2 is 1.71 bits per heavy atom. The monoisotopic (exact) mass is 428 g/mol. The molecule has 11 atom stereocenters. The maximum Gasteiger partial charge on any atom is 0.0638 e. The Morgan fingerprint density at radius 3 is 2.35 bits per heavy atom. The molecule has 0 bridgehead atoms. The van der Waals surface area contributed by atoms with Crippen LogP contribution in [0.5, 0.6) is 0 Å². The maximum absolute atomic E-state index is 6.32. The summed E-state index contributed by atoms with van der Waals surface area (Å²) in [6.45, 7) is 15.4. The lowest BCUT2D eigenvalue weighted by Crippen LogP contribution is -2.57. The summed E-state index contributed by atoms with van der Waals surface area (Å²) >= 11 is 0. The molecule has 0 aromatic heterocycles. The molecule has 0 aromatic carbocycles. The zero-order valence-electron chi connectivity index (χ0n) is 21.9. The first-order valence-electron chi connectivity index (χ1n) is 14.3. The van der Waals surface area contributed by atoms with Gasteiger partial charge in [0.05, 0.1) is 6.10 Å². The van der Waals surface area contributed by atoms with E-state index in [4.69, 9.17) is 4.74 Å². The van der Waals surface area contributed by atoms with Crippen LogP contribution >= 0.6 is 0 Å². The van der Waals surface area contributed by atoms with Crippen molar-refractivity contribution < 1.29 is 4.74 Å². The van der Waals surface area contributed by atoms with Crippen molar-refractivity contribution in [2.24, 2.45) is 63.6 Å². The number of fused-ring (bicyclic) bond motifs is 4. The van der Waals surface area contributed by atoms with Gasteiger partial charge in [0.15, 0.2) is 0 Å². The molecule has 0 aromatic rings. The highest BCUT2D eigenvalue weighted by atomic mass is 16.5. The van der Waals surface area contributed by atoms with E-state index in [0.29, 0.717) is 22.3 Å². The molecule has 0 aliphatic heterocycles. The second kappa shape index (κ2) is 7.74. The van der Waals surface area contributed by atoms with Gasteiger partial charge in [0, 0.05) is 12.5 Å². The SMILES string of the molecule is CCC(CCC(C)C1CCC2C3CC(OC)C45CC4CCC5(C)C3CCC12C)C(C)C. The quantitative estimate of drug-likeness (QED) is 0.396. The molecule has 11 unspecified atom stereocenters. The third-order valence-corrected chi connectivity index (χ3v) is 13.0. The smallest absolute Gasteiger partial charge is 0.0638 e. The molecule has 1 spiro atoms. The molecule has 5 aliphatic rings. The topological polar surface area (TPSA) is 9.23 Å². The maximum atomic E-state index is 6.32. The van der Waals surface area contributed by atoms with Gasteiger partial charge in [-0.1, -0.05) is 54.4 Å². The molecule has 0 N–H and O–H groups in total. The molecule has 0 radical (unpaired) electrons. The van der Waals surface area contributed by atoms with Crippen LogP contribution < -0.4 is 0 Å². The molecule has 1 heteroatoms. The molecular formula is C30H52O. The van der Waals surface area contributed by atoms with Gasteiger partial charge >= 0.3 is 0 Å². The van der Waals surface area contributed by atoms with Crippen LogP contribution in [0.1, 0.15) is 112 Å². The summed E-state index contributed by atoms with van der Waals surface area (Å²) in [5.74, 6) is 7.54. The molecule has 5 aliphatic carbocycles. The summed E-state index contributed by atoms with van der Waals surface area (Å²) < 4.78 is 6.32. The summed E-state index contributed by atoms with van der Waals surface area (Å²) in [7, 11) is 2.04. The third kappa shape index (κ3) is 3.03. The predicted molar refractivity (Wildman–Crippen MR) is 131 cm³/mol. The number of ether oxygens (including phenoxy) is 1. The van der Waals surface area contributed by atoms with Crippen molar-refractivity contribution in [2.75, 3.05) is 7.11 Å². The fraction of sp³-hybridized carbons (Fsp3) is 1.00. The highest BCUT2D eigenvalue weighted by molar-refractivity contribution is 5.26. The molecule has 178 valence electrons. The minimum absolute atomic E-state index is 0.557. The largest absolute Gasteiger partial charge is 0.381 e. The third-order valence-electron chi connectivity index (χ3n) is 13.0. The Balaban J connectivity index is 1.33. The summed E-state index contributed by atoms with van der Waals surface area (Å²) in [6, 6.07) is 0. The Kier molecular flexibility index (Phi) is 5.68. The second-order valence-corrected chi connectivity index (χ2v) is 13.9. The molecule has 0 heterocycles. The zero-order valence-corrected chi connectivity index (χ0v) is 21.9. The van der Waals surface area contributed by atoms with Crippen LogP contribution in [0.15, 0.2) is 0 Å². The standard InChI is InChI=1S/C30H52O/c1-8-21(19(2)3)10-9-20(4)24-11-12-25-23-17-27(31-7)30-18-22(30)13-16-29(30,6)26(23)14-15-28(24,25)5/h19-27H,8-18H2,1-7H3. The number of methoxy groups -OCH3 is 1. The van der Waals surface area contributed by atoms with E-state index in [1.807, 2.05) is 7.11 Å². The van der Waals surface area contributed by atoms with Crippen LogP contribution in [0, 0.1) is 63.6 Å². The van der Waals surface area contributed by atoms with Gasteiger partial charge in [-0.3, -0.25) is 0 Å². The van der Waals surface area contributed by atoms with Crippen LogP contribution in [0.2, 0.25) is 0 Å². The average Bonchev–Trinajstić information content (AvgIpc) is 3.24. The van der Waals surface area contributed by atoms with Crippen molar-refractivity contribution in [2.45, 2.75) is 118 Å². The molecule has 5 fully saturated rings. The number of hydrogen-bond acceptors (Lipinski definition) is 1. The average molecular weight is 429 g/mol. The van der Waals surface area contributed by atoms with E-state index >= 15 is 0 Å². The van der Waals surface area contributed by atoms with Crippen LogP contribution in [0.4, 0.5) is 0 Å². The highest BCUT2D eigenvalue weighted by Crippen LogP contribution is 2.82. The van der Waals surface area contributed by atoms with E-state index in [9.17, 15) is 0 Å². The molecule has 0 amide bonds. The molecule has 0 saturated heterocycles. The first-order valence-corrected chi connectivity index (χ1v) is 14.3. The second-order valence-electron chi connectivity index (χ2n) is 13.9. The fourth-order valence-electron chi connectivity index (χ4n) is 11.2. The summed E-state index contributed by atoms with van der Waals surface area (Å²) in [6.07, 6.45) is 16.7. The van der Waals surface area contributed by atoms with Crippen LogP contribution in [0.25, 0.3) is 0 Å². The number of rotatable bonds is 7. The molecule has 1 nitrogen and oxygen atoms in total. The Morgan fingerprint density at radius 1 is 0.935 bits per heavy atom. The van der Waals surface area contributed by atoms with Crippen LogP contribution in [0.3, 0.4) is 0 Å². The Hall–Kier alpha value is -0.0400. The summed E-state index contributed by atoms with van der Waals surface area (Å²) in [4.78, 5) is 0.